The maximum atomic E-state index is 12.4. The number of amides is 1. The maximum absolute atomic E-state index is 12.4. The highest BCUT2D eigenvalue weighted by Gasteiger charge is 2.21. The third-order valence-electron chi connectivity index (χ3n) is 3.50. The molecule has 1 unspecified atom stereocenters. The molecule has 1 aromatic carbocycles. The highest BCUT2D eigenvalue weighted by Crippen LogP contribution is 2.17. The minimum atomic E-state index is -0.212. The summed E-state index contributed by atoms with van der Waals surface area (Å²) in [4.78, 5) is 14.4. The van der Waals surface area contributed by atoms with Crippen LogP contribution in [-0.4, -0.2) is 29.9 Å². The molecule has 0 saturated carbocycles. The van der Waals surface area contributed by atoms with E-state index in [0.717, 1.165) is 31.6 Å². The Balaban J connectivity index is 1.94. The molecular weight excluding hydrogens is 260 g/mol. The molecule has 0 radical (unpaired) electrons. The number of carbonyl (C=O) groups is 1. The van der Waals surface area contributed by atoms with Gasteiger partial charge in [0.05, 0.1) is 0 Å². The molecule has 0 spiro atoms. The van der Waals surface area contributed by atoms with Crippen LogP contribution in [0.2, 0.25) is 5.02 Å². The van der Waals surface area contributed by atoms with Gasteiger partial charge < -0.3 is 10.2 Å². The Kier molecular flexibility index (Phi) is 5.08. The van der Waals surface area contributed by atoms with Crippen LogP contribution in [0.1, 0.15) is 32.6 Å². The zero-order valence-corrected chi connectivity index (χ0v) is 12.1. The third kappa shape index (κ3) is 4.13. The maximum Gasteiger partial charge on any atom is 0.244 e. The lowest BCUT2D eigenvalue weighted by atomic mass is 10.2. The van der Waals surface area contributed by atoms with E-state index in [1.807, 2.05) is 36.1 Å². The van der Waals surface area contributed by atoms with E-state index in [1.165, 1.54) is 12.8 Å². The summed E-state index contributed by atoms with van der Waals surface area (Å²) in [6, 6.07) is 7.27. The second-order valence-electron chi connectivity index (χ2n) is 5.12. The molecule has 1 atom stereocenters. The summed E-state index contributed by atoms with van der Waals surface area (Å²) in [5.74, 6) is 0.182. The molecule has 1 heterocycles. The lowest BCUT2D eigenvalue weighted by Crippen LogP contribution is -2.41. The Labute approximate surface area is 119 Å². The van der Waals surface area contributed by atoms with Gasteiger partial charge in [-0.2, -0.15) is 0 Å². The summed E-state index contributed by atoms with van der Waals surface area (Å²) in [5.41, 5.74) is 0.892. The molecule has 0 aromatic heterocycles. The quantitative estimate of drug-likeness (QED) is 0.918. The molecule has 1 fully saturated rings. The van der Waals surface area contributed by atoms with Crippen molar-refractivity contribution in [3.63, 3.8) is 0 Å². The zero-order valence-electron chi connectivity index (χ0n) is 11.4. The summed E-state index contributed by atoms with van der Waals surface area (Å²) >= 11 is 5.94. The fourth-order valence-corrected chi connectivity index (χ4v) is 2.65. The van der Waals surface area contributed by atoms with Crippen molar-refractivity contribution in [2.45, 2.75) is 38.6 Å². The number of halogens is 1. The zero-order chi connectivity index (χ0) is 13.7. The van der Waals surface area contributed by atoms with Crippen molar-refractivity contribution in [2.75, 3.05) is 18.4 Å². The van der Waals surface area contributed by atoms with Crippen LogP contribution in [0.4, 0.5) is 5.69 Å². The molecule has 4 heteroatoms. The van der Waals surface area contributed by atoms with Gasteiger partial charge >= 0.3 is 0 Å². The van der Waals surface area contributed by atoms with Gasteiger partial charge in [-0.25, -0.2) is 0 Å². The molecule has 1 N–H and O–H groups in total. The van der Waals surface area contributed by atoms with Gasteiger partial charge in [0.25, 0.3) is 0 Å². The highest BCUT2D eigenvalue weighted by molar-refractivity contribution is 6.30. The SMILES string of the molecule is CC(Nc1cccc(Cl)c1)C(=O)N1CCCCCC1. The first-order valence-electron chi connectivity index (χ1n) is 6.98. The second-order valence-corrected chi connectivity index (χ2v) is 5.55. The van der Waals surface area contributed by atoms with Crippen LogP contribution < -0.4 is 5.32 Å². The predicted molar refractivity (Wildman–Crippen MR) is 79.6 cm³/mol. The number of nitrogens with one attached hydrogen (secondary N) is 1. The molecule has 1 saturated heterocycles. The number of hydrogen-bond acceptors (Lipinski definition) is 2. The van der Waals surface area contributed by atoms with E-state index < -0.39 is 0 Å². The van der Waals surface area contributed by atoms with Crippen molar-refractivity contribution in [3.05, 3.63) is 29.3 Å². The van der Waals surface area contributed by atoms with Crippen molar-refractivity contribution in [1.82, 2.24) is 4.90 Å². The van der Waals surface area contributed by atoms with Crippen LogP contribution in [0, 0.1) is 0 Å². The lowest BCUT2D eigenvalue weighted by molar-refractivity contribution is -0.131. The highest BCUT2D eigenvalue weighted by atomic mass is 35.5. The molecular formula is C15H21ClN2O. The van der Waals surface area contributed by atoms with E-state index in [1.54, 1.807) is 0 Å². The molecule has 1 amide bonds. The lowest BCUT2D eigenvalue weighted by Gasteiger charge is -2.25. The van der Waals surface area contributed by atoms with Gasteiger partial charge in [0, 0.05) is 23.8 Å². The first-order valence-corrected chi connectivity index (χ1v) is 7.35. The van der Waals surface area contributed by atoms with Gasteiger partial charge in [0.2, 0.25) is 5.91 Å². The van der Waals surface area contributed by atoms with E-state index in [9.17, 15) is 4.79 Å². The monoisotopic (exact) mass is 280 g/mol. The number of likely N-dealkylation sites (tertiary alicyclic amines) is 1. The van der Waals surface area contributed by atoms with Gasteiger partial charge in [-0.3, -0.25) is 4.79 Å². The van der Waals surface area contributed by atoms with Gasteiger partial charge in [-0.05, 0) is 38.0 Å². The van der Waals surface area contributed by atoms with E-state index >= 15 is 0 Å². The molecule has 1 aliphatic rings. The Bertz CT molecular complexity index is 428. The first-order chi connectivity index (χ1) is 9.16. The largest absolute Gasteiger partial charge is 0.374 e. The molecule has 1 aliphatic heterocycles. The van der Waals surface area contributed by atoms with Crippen LogP contribution >= 0.6 is 11.6 Å². The van der Waals surface area contributed by atoms with Crippen LogP contribution in [0.5, 0.6) is 0 Å². The van der Waals surface area contributed by atoms with Crippen molar-refractivity contribution in [3.8, 4) is 0 Å². The summed E-state index contributed by atoms with van der Waals surface area (Å²) in [7, 11) is 0. The van der Waals surface area contributed by atoms with Crippen LogP contribution in [-0.2, 0) is 4.79 Å². The van der Waals surface area contributed by atoms with Gasteiger partial charge in [-0.15, -0.1) is 0 Å². The van der Waals surface area contributed by atoms with Crippen molar-refractivity contribution in [1.29, 1.82) is 0 Å². The molecule has 3 nitrogen and oxygen atoms in total. The topological polar surface area (TPSA) is 32.3 Å². The second kappa shape index (κ2) is 6.80. The average Bonchev–Trinajstić information content (AvgIpc) is 2.66. The van der Waals surface area contributed by atoms with Gasteiger partial charge in [0.15, 0.2) is 0 Å². The van der Waals surface area contributed by atoms with E-state index in [2.05, 4.69) is 5.32 Å². The van der Waals surface area contributed by atoms with Crippen molar-refractivity contribution in [2.24, 2.45) is 0 Å². The Hall–Kier alpha value is -1.22. The molecule has 1 aromatic rings. The number of nitrogens with zero attached hydrogens (tertiary/aromatic N) is 1. The number of anilines is 1. The number of carbonyl (C=O) groups excluding carboxylic acids is 1. The first kappa shape index (κ1) is 14.2. The number of hydrogen-bond donors (Lipinski definition) is 1. The Morgan fingerprint density at radius 3 is 2.58 bits per heavy atom. The summed E-state index contributed by atoms with van der Waals surface area (Å²) < 4.78 is 0. The summed E-state index contributed by atoms with van der Waals surface area (Å²) in [6.45, 7) is 3.69. The normalized spacial score (nSPS) is 17.7. The summed E-state index contributed by atoms with van der Waals surface area (Å²) in [6.07, 6.45) is 4.71. The minimum Gasteiger partial charge on any atom is -0.374 e. The van der Waals surface area contributed by atoms with E-state index in [0.29, 0.717) is 5.02 Å². The van der Waals surface area contributed by atoms with Gasteiger partial charge in [-0.1, -0.05) is 30.5 Å². The number of rotatable bonds is 3. The molecule has 2 rings (SSSR count). The Morgan fingerprint density at radius 2 is 1.95 bits per heavy atom. The van der Waals surface area contributed by atoms with Crippen molar-refractivity contribution < 1.29 is 4.79 Å². The third-order valence-corrected chi connectivity index (χ3v) is 3.73. The summed E-state index contributed by atoms with van der Waals surface area (Å²) in [5, 5.41) is 3.90. The number of benzene rings is 1. The van der Waals surface area contributed by atoms with Crippen LogP contribution in [0.15, 0.2) is 24.3 Å². The average molecular weight is 281 g/mol. The standard InChI is InChI=1S/C15H21ClN2O/c1-12(17-14-8-6-7-13(16)11-14)15(19)18-9-4-2-3-5-10-18/h6-8,11-12,17H,2-5,9-10H2,1H3. The minimum absolute atomic E-state index is 0.182. The fraction of sp³-hybridized carbons (Fsp3) is 0.533. The molecule has 0 bridgehead atoms. The fourth-order valence-electron chi connectivity index (χ4n) is 2.45. The van der Waals surface area contributed by atoms with E-state index in [-0.39, 0.29) is 11.9 Å². The molecule has 0 aliphatic carbocycles. The van der Waals surface area contributed by atoms with Gasteiger partial charge in [0.1, 0.15) is 6.04 Å². The van der Waals surface area contributed by atoms with Crippen molar-refractivity contribution >= 4 is 23.2 Å². The smallest absolute Gasteiger partial charge is 0.244 e. The predicted octanol–water partition coefficient (Wildman–Crippen LogP) is 3.54. The van der Waals surface area contributed by atoms with E-state index in [4.69, 9.17) is 11.6 Å². The molecule has 104 valence electrons. The van der Waals surface area contributed by atoms with Crippen LogP contribution in [0.25, 0.3) is 0 Å². The Morgan fingerprint density at radius 1 is 1.26 bits per heavy atom. The molecule has 19 heavy (non-hydrogen) atoms. The van der Waals surface area contributed by atoms with Crippen LogP contribution in [0.3, 0.4) is 0 Å².